The van der Waals surface area contributed by atoms with Crippen LogP contribution in [0.4, 0.5) is 5.69 Å². The molecule has 0 fully saturated rings. The number of thioether (sulfide) groups is 1. The standard InChI is InChI=1S/C21H22BrN5O2S/c1-13-5-4-6-15(11-13)20(29)23-14(2)19-25-26-21(27(19)3)30-12-18(28)24-17-9-7-16(22)8-10-17/h4-11,14H,12H2,1-3H3,(H,23,29)(H,24,28)/t14-/m0/s1. The summed E-state index contributed by atoms with van der Waals surface area (Å²) in [6, 6.07) is 14.5. The molecule has 0 aliphatic rings. The Balaban J connectivity index is 1.57. The molecule has 156 valence electrons. The van der Waals surface area contributed by atoms with E-state index in [1.54, 1.807) is 10.6 Å². The number of halogens is 1. The molecule has 0 saturated carbocycles. The van der Waals surface area contributed by atoms with Gasteiger partial charge in [0.15, 0.2) is 11.0 Å². The maximum absolute atomic E-state index is 12.5. The predicted molar refractivity (Wildman–Crippen MR) is 122 cm³/mol. The molecule has 0 bridgehead atoms. The fourth-order valence-electron chi connectivity index (χ4n) is 2.82. The lowest BCUT2D eigenvalue weighted by Crippen LogP contribution is -2.28. The van der Waals surface area contributed by atoms with Crippen molar-refractivity contribution in [2.24, 2.45) is 7.05 Å². The lowest BCUT2D eigenvalue weighted by Gasteiger charge is -2.14. The van der Waals surface area contributed by atoms with E-state index in [4.69, 9.17) is 0 Å². The SMILES string of the molecule is Cc1cccc(C(=O)N[C@@H](C)c2nnc(SCC(=O)Nc3ccc(Br)cc3)n2C)c1. The summed E-state index contributed by atoms with van der Waals surface area (Å²) in [5, 5.41) is 14.7. The fourth-order valence-corrected chi connectivity index (χ4v) is 3.80. The van der Waals surface area contributed by atoms with Gasteiger partial charge in [0.05, 0.1) is 11.8 Å². The molecule has 0 aliphatic carbocycles. The third-order valence-corrected chi connectivity index (χ3v) is 5.89. The van der Waals surface area contributed by atoms with Crippen molar-refractivity contribution >= 4 is 45.2 Å². The zero-order valence-electron chi connectivity index (χ0n) is 16.8. The highest BCUT2D eigenvalue weighted by atomic mass is 79.9. The number of anilines is 1. The van der Waals surface area contributed by atoms with Crippen molar-refractivity contribution in [1.29, 1.82) is 0 Å². The quantitative estimate of drug-likeness (QED) is 0.489. The molecular weight excluding hydrogens is 466 g/mol. The van der Waals surface area contributed by atoms with Crippen molar-refractivity contribution < 1.29 is 9.59 Å². The lowest BCUT2D eigenvalue weighted by molar-refractivity contribution is -0.113. The number of aromatic nitrogens is 3. The lowest BCUT2D eigenvalue weighted by atomic mass is 10.1. The minimum absolute atomic E-state index is 0.132. The van der Waals surface area contributed by atoms with Gasteiger partial charge in [-0.05, 0) is 50.2 Å². The summed E-state index contributed by atoms with van der Waals surface area (Å²) < 4.78 is 2.74. The van der Waals surface area contributed by atoms with Crippen molar-refractivity contribution in [2.75, 3.05) is 11.1 Å². The fraction of sp³-hybridized carbons (Fsp3) is 0.238. The molecule has 1 aromatic heterocycles. The average molecular weight is 488 g/mol. The molecule has 0 aliphatic heterocycles. The predicted octanol–water partition coefficient (Wildman–Crippen LogP) is 4.11. The second-order valence-electron chi connectivity index (χ2n) is 6.81. The first-order chi connectivity index (χ1) is 14.3. The van der Waals surface area contributed by atoms with Crippen LogP contribution in [0.15, 0.2) is 58.2 Å². The van der Waals surface area contributed by atoms with Crippen LogP contribution in [0.1, 0.15) is 34.7 Å². The topological polar surface area (TPSA) is 88.9 Å². The van der Waals surface area contributed by atoms with Crippen molar-refractivity contribution in [2.45, 2.75) is 25.0 Å². The molecule has 9 heteroatoms. The van der Waals surface area contributed by atoms with Gasteiger partial charge in [-0.25, -0.2) is 0 Å². The van der Waals surface area contributed by atoms with Gasteiger partial charge in [-0.15, -0.1) is 10.2 Å². The van der Waals surface area contributed by atoms with E-state index in [9.17, 15) is 9.59 Å². The smallest absolute Gasteiger partial charge is 0.251 e. The number of hydrogen-bond donors (Lipinski definition) is 2. The Hall–Kier alpha value is -2.65. The second kappa shape index (κ2) is 9.90. The van der Waals surface area contributed by atoms with E-state index < -0.39 is 0 Å². The molecule has 1 atom stereocenters. The molecule has 3 aromatic rings. The highest BCUT2D eigenvalue weighted by molar-refractivity contribution is 9.10. The number of hydrogen-bond acceptors (Lipinski definition) is 5. The summed E-state index contributed by atoms with van der Waals surface area (Å²) in [6.45, 7) is 3.80. The van der Waals surface area contributed by atoms with Gasteiger partial charge in [0.25, 0.3) is 5.91 Å². The molecule has 0 unspecified atom stereocenters. The molecule has 7 nitrogen and oxygen atoms in total. The summed E-state index contributed by atoms with van der Waals surface area (Å²) in [7, 11) is 1.82. The molecule has 3 rings (SSSR count). The van der Waals surface area contributed by atoms with Crippen LogP contribution in [0.2, 0.25) is 0 Å². The van der Waals surface area contributed by atoms with Crippen LogP contribution in [-0.2, 0) is 11.8 Å². The summed E-state index contributed by atoms with van der Waals surface area (Å²) in [4.78, 5) is 24.7. The summed E-state index contributed by atoms with van der Waals surface area (Å²) in [6.07, 6.45) is 0. The van der Waals surface area contributed by atoms with Crippen LogP contribution < -0.4 is 10.6 Å². The number of aryl methyl sites for hydroxylation is 1. The number of nitrogens with one attached hydrogen (secondary N) is 2. The Morgan fingerprint density at radius 2 is 1.90 bits per heavy atom. The Bertz CT molecular complexity index is 1050. The summed E-state index contributed by atoms with van der Waals surface area (Å²) >= 11 is 4.65. The number of benzene rings is 2. The molecule has 0 saturated heterocycles. The first-order valence-electron chi connectivity index (χ1n) is 9.28. The third kappa shape index (κ3) is 5.70. The van der Waals surface area contributed by atoms with Gasteiger partial charge < -0.3 is 15.2 Å². The molecule has 0 spiro atoms. The number of rotatable bonds is 7. The maximum Gasteiger partial charge on any atom is 0.251 e. The summed E-state index contributed by atoms with van der Waals surface area (Å²) in [5.41, 5.74) is 2.35. The van der Waals surface area contributed by atoms with Crippen LogP contribution >= 0.6 is 27.7 Å². The van der Waals surface area contributed by atoms with Crippen LogP contribution in [-0.4, -0.2) is 32.3 Å². The van der Waals surface area contributed by atoms with Crippen LogP contribution in [0.5, 0.6) is 0 Å². The van der Waals surface area contributed by atoms with Gasteiger partial charge in [0, 0.05) is 22.8 Å². The minimum Gasteiger partial charge on any atom is -0.342 e. The number of carbonyl (C=O) groups excluding carboxylic acids is 2. The van der Waals surface area contributed by atoms with Gasteiger partial charge >= 0.3 is 0 Å². The molecule has 2 N–H and O–H groups in total. The highest BCUT2D eigenvalue weighted by Crippen LogP contribution is 2.20. The van der Waals surface area contributed by atoms with E-state index in [0.29, 0.717) is 16.5 Å². The van der Waals surface area contributed by atoms with E-state index in [1.165, 1.54) is 11.8 Å². The number of amides is 2. The zero-order chi connectivity index (χ0) is 21.7. The second-order valence-corrected chi connectivity index (χ2v) is 8.67. The van der Waals surface area contributed by atoms with Crippen LogP contribution in [0.3, 0.4) is 0 Å². The van der Waals surface area contributed by atoms with Gasteiger partial charge in [0.1, 0.15) is 0 Å². The number of carbonyl (C=O) groups is 2. The van der Waals surface area contributed by atoms with Gasteiger partial charge in [-0.3, -0.25) is 9.59 Å². The Morgan fingerprint density at radius 3 is 2.60 bits per heavy atom. The first-order valence-corrected chi connectivity index (χ1v) is 11.1. The van der Waals surface area contributed by atoms with Crippen molar-refractivity contribution in [3.63, 3.8) is 0 Å². The highest BCUT2D eigenvalue weighted by Gasteiger charge is 2.19. The zero-order valence-corrected chi connectivity index (χ0v) is 19.3. The van der Waals surface area contributed by atoms with Gasteiger partial charge in [0.2, 0.25) is 5.91 Å². The van der Waals surface area contributed by atoms with Gasteiger partial charge in [-0.2, -0.15) is 0 Å². The van der Waals surface area contributed by atoms with Crippen molar-refractivity contribution in [3.05, 3.63) is 70.0 Å². The van der Waals surface area contributed by atoms with Crippen molar-refractivity contribution in [1.82, 2.24) is 20.1 Å². The monoisotopic (exact) mass is 487 g/mol. The van der Waals surface area contributed by atoms with E-state index in [-0.39, 0.29) is 23.6 Å². The van der Waals surface area contributed by atoms with Crippen LogP contribution in [0.25, 0.3) is 0 Å². The number of nitrogens with zero attached hydrogens (tertiary/aromatic N) is 3. The Kier molecular flexibility index (Phi) is 7.28. The summed E-state index contributed by atoms with van der Waals surface area (Å²) in [5.74, 6) is 0.517. The van der Waals surface area contributed by atoms with E-state index in [0.717, 1.165) is 15.7 Å². The molecule has 1 heterocycles. The minimum atomic E-state index is -0.332. The largest absolute Gasteiger partial charge is 0.342 e. The molecule has 30 heavy (non-hydrogen) atoms. The third-order valence-electron chi connectivity index (χ3n) is 4.34. The Labute approximate surface area is 187 Å². The average Bonchev–Trinajstić information content (AvgIpc) is 3.08. The normalized spacial score (nSPS) is 11.7. The molecular formula is C21H22BrN5O2S. The Morgan fingerprint density at radius 1 is 1.17 bits per heavy atom. The van der Waals surface area contributed by atoms with Crippen LogP contribution in [0, 0.1) is 6.92 Å². The maximum atomic E-state index is 12.5. The van der Waals surface area contributed by atoms with E-state index >= 15 is 0 Å². The van der Waals surface area contributed by atoms with Crippen molar-refractivity contribution in [3.8, 4) is 0 Å². The first kappa shape index (κ1) is 22.0. The van der Waals surface area contributed by atoms with E-state index in [1.807, 2.05) is 63.4 Å². The van der Waals surface area contributed by atoms with E-state index in [2.05, 4.69) is 36.8 Å². The molecule has 0 radical (unpaired) electrons. The van der Waals surface area contributed by atoms with Gasteiger partial charge in [-0.1, -0.05) is 45.4 Å². The molecule has 2 amide bonds. The molecule has 2 aromatic carbocycles.